The third-order valence-electron chi connectivity index (χ3n) is 3.35. The van der Waals surface area contributed by atoms with E-state index in [0.717, 1.165) is 25.6 Å². The Kier molecular flexibility index (Phi) is 4.90. The van der Waals surface area contributed by atoms with Gasteiger partial charge in [-0.15, -0.1) is 0 Å². The van der Waals surface area contributed by atoms with Gasteiger partial charge in [-0.25, -0.2) is 0 Å². The summed E-state index contributed by atoms with van der Waals surface area (Å²) < 4.78 is 5.42. The maximum Gasteiger partial charge on any atom is 0.0533 e. The second-order valence-corrected chi connectivity index (χ2v) is 4.60. The van der Waals surface area contributed by atoms with Crippen LogP contribution in [0, 0.1) is 11.3 Å². The highest BCUT2D eigenvalue weighted by Gasteiger charge is 2.43. The molecule has 1 aliphatic carbocycles. The summed E-state index contributed by atoms with van der Waals surface area (Å²) in [5.41, 5.74) is 0.430. The van der Waals surface area contributed by atoms with E-state index < -0.39 is 0 Å². The normalized spacial score (nSPS) is 20.8. The summed E-state index contributed by atoms with van der Waals surface area (Å²) >= 11 is 0. The van der Waals surface area contributed by atoms with E-state index in [-0.39, 0.29) is 0 Å². The Morgan fingerprint density at radius 1 is 1.36 bits per heavy atom. The Hall–Kier alpha value is -0.0800. The third-order valence-corrected chi connectivity index (χ3v) is 3.35. The van der Waals surface area contributed by atoms with E-state index >= 15 is 0 Å². The number of rotatable bonds is 8. The van der Waals surface area contributed by atoms with Gasteiger partial charge in [-0.1, -0.05) is 20.3 Å². The summed E-state index contributed by atoms with van der Waals surface area (Å²) in [7, 11) is 1.83. The van der Waals surface area contributed by atoms with Crippen LogP contribution in [0.1, 0.15) is 39.5 Å². The molecule has 0 spiro atoms. The zero-order valence-electron chi connectivity index (χ0n) is 9.94. The van der Waals surface area contributed by atoms with Crippen molar-refractivity contribution in [2.24, 2.45) is 11.3 Å². The van der Waals surface area contributed by atoms with Crippen LogP contribution >= 0.6 is 0 Å². The van der Waals surface area contributed by atoms with E-state index in [2.05, 4.69) is 19.2 Å². The SMILES string of the molecule is CCCC(CNCC)(COC)C1CC1. The molecule has 1 aliphatic rings. The van der Waals surface area contributed by atoms with Gasteiger partial charge >= 0.3 is 0 Å². The second-order valence-electron chi connectivity index (χ2n) is 4.60. The van der Waals surface area contributed by atoms with Gasteiger partial charge in [0.05, 0.1) is 6.61 Å². The van der Waals surface area contributed by atoms with Crippen LogP contribution in [0.3, 0.4) is 0 Å². The highest BCUT2D eigenvalue weighted by Crippen LogP contribution is 2.48. The van der Waals surface area contributed by atoms with E-state index in [0.29, 0.717) is 5.41 Å². The van der Waals surface area contributed by atoms with Crippen LogP contribution in [0.5, 0.6) is 0 Å². The molecule has 0 heterocycles. The number of hydrogen-bond donors (Lipinski definition) is 1. The lowest BCUT2D eigenvalue weighted by Gasteiger charge is -2.33. The average Bonchev–Trinajstić information content (AvgIpc) is 2.98. The lowest BCUT2D eigenvalue weighted by molar-refractivity contribution is 0.0536. The minimum atomic E-state index is 0.430. The van der Waals surface area contributed by atoms with Gasteiger partial charge in [0.2, 0.25) is 0 Å². The van der Waals surface area contributed by atoms with Gasteiger partial charge in [0.25, 0.3) is 0 Å². The van der Waals surface area contributed by atoms with Crippen LogP contribution in [-0.2, 0) is 4.74 Å². The molecule has 0 aliphatic heterocycles. The first kappa shape index (κ1) is 12.0. The van der Waals surface area contributed by atoms with Gasteiger partial charge < -0.3 is 10.1 Å². The fourth-order valence-corrected chi connectivity index (χ4v) is 2.53. The highest BCUT2D eigenvalue weighted by atomic mass is 16.5. The summed E-state index contributed by atoms with van der Waals surface area (Å²) in [6, 6.07) is 0. The fraction of sp³-hybridized carbons (Fsp3) is 1.00. The maximum absolute atomic E-state index is 5.42. The minimum absolute atomic E-state index is 0.430. The molecule has 0 aromatic rings. The number of hydrogen-bond acceptors (Lipinski definition) is 2. The van der Waals surface area contributed by atoms with E-state index in [1.807, 2.05) is 7.11 Å². The molecule has 14 heavy (non-hydrogen) atoms. The topological polar surface area (TPSA) is 21.3 Å². The molecule has 1 atom stereocenters. The van der Waals surface area contributed by atoms with E-state index in [9.17, 15) is 0 Å². The summed E-state index contributed by atoms with van der Waals surface area (Å²) in [4.78, 5) is 0. The van der Waals surface area contributed by atoms with Crippen molar-refractivity contribution in [3.63, 3.8) is 0 Å². The average molecular weight is 199 g/mol. The van der Waals surface area contributed by atoms with Crippen molar-refractivity contribution in [3.8, 4) is 0 Å². The van der Waals surface area contributed by atoms with Crippen LogP contribution in [0.15, 0.2) is 0 Å². The Bertz CT molecular complexity index is 148. The third kappa shape index (κ3) is 2.96. The molecular formula is C12H25NO. The smallest absolute Gasteiger partial charge is 0.0533 e. The largest absolute Gasteiger partial charge is 0.384 e. The van der Waals surface area contributed by atoms with Gasteiger partial charge in [0.1, 0.15) is 0 Å². The van der Waals surface area contributed by atoms with Gasteiger partial charge in [-0.2, -0.15) is 0 Å². The Morgan fingerprint density at radius 3 is 2.50 bits per heavy atom. The van der Waals surface area contributed by atoms with Gasteiger partial charge in [-0.3, -0.25) is 0 Å². The molecule has 0 bridgehead atoms. The maximum atomic E-state index is 5.42. The van der Waals surface area contributed by atoms with Crippen molar-refractivity contribution in [1.29, 1.82) is 0 Å². The van der Waals surface area contributed by atoms with Crippen molar-refractivity contribution >= 4 is 0 Å². The van der Waals surface area contributed by atoms with E-state index in [1.165, 1.54) is 25.7 Å². The van der Waals surface area contributed by atoms with Crippen LogP contribution in [0.4, 0.5) is 0 Å². The molecule has 1 saturated carbocycles. The molecule has 2 heteroatoms. The summed E-state index contributed by atoms with van der Waals surface area (Å²) in [5, 5.41) is 3.50. The first-order valence-corrected chi connectivity index (χ1v) is 5.98. The lowest BCUT2D eigenvalue weighted by Crippen LogP contribution is -2.39. The number of ether oxygens (including phenoxy) is 1. The minimum Gasteiger partial charge on any atom is -0.384 e. The molecule has 2 nitrogen and oxygen atoms in total. The molecule has 0 aromatic heterocycles. The summed E-state index contributed by atoms with van der Waals surface area (Å²) in [6.07, 6.45) is 5.40. The van der Waals surface area contributed by atoms with Crippen molar-refractivity contribution < 1.29 is 4.74 Å². The fourth-order valence-electron chi connectivity index (χ4n) is 2.53. The van der Waals surface area contributed by atoms with Crippen LogP contribution < -0.4 is 5.32 Å². The molecule has 0 amide bonds. The standard InChI is InChI=1S/C12H25NO/c1-4-8-12(10-14-3,9-13-5-2)11-6-7-11/h11,13H,4-10H2,1-3H3. The molecule has 0 saturated heterocycles. The zero-order chi connectivity index (χ0) is 10.4. The lowest BCUT2D eigenvalue weighted by atomic mass is 9.79. The zero-order valence-corrected chi connectivity index (χ0v) is 9.94. The second kappa shape index (κ2) is 5.72. The molecule has 84 valence electrons. The highest BCUT2D eigenvalue weighted by molar-refractivity contribution is 4.95. The van der Waals surface area contributed by atoms with Crippen molar-refractivity contribution in [2.75, 3.05) is 26.8 Å². The number of nitrogens with one attached hydrogen (secondary N) is 1. The van der Waals surface area contributed by atoms with Gasteiger partial charge in [-0.05, 0) is 31.7 Å². The monoisotopic (exact) mass is 199 g/mol. The quantitative estimate of drug-likeness (QED) is 0.648. The van der Waals surface area contributed by atoms with E-state index in [1.54, 1.807) is 0 Å². The molecule has 1 fully saturated rings. The molecule has 0 radical (unpaired) electrons. The Balaban J connectivity index is 2.51. The first-order valence-electron chi connectivity index (χ1n) is 5.98. The van der Waals surface area contributed by atoms with Crippen LogP contribution in [-0.4, -0.2) is 26.8 Å². The predicted molar refractivity (Wildman–Crippen MR) is 60.5 cm³/mol. The number of methoxy groups -OCH3 is 1. The molecule has 1 rings (SSSR count). The Morgan fingerprint density at radius 2 is 2.07 bits per heavy atom. The molecular weight excluding hydrogens is 174 g/mol. The van der Waals surface area contributed by atoms with Crippen LogP contribution in [0.2, 0.25) is 0 Å². The Labute approximate surface area is 88.4 Å². The summed E-state index contributed by atoms with van der Waals surface area (Å²) in [6.45, 7) is 7.59. The van der Waals surface area contributed by atoms with E-state index in [4.69, 9.17) is 4.74 Å². The van der Waals surface area contributed by atoms with Crippen molar-refractivity contribution in [2.45, 2.75) is 39.5 Å². The van der Waals surface area contributed by atoms with Gasteiger partial charge in [0, 0.05) is 19.1 Å². The predicted octanol–water partition coefficient (Wildman–Crippen LogP) is 2.44. The van der Waals surface area contributed by atoms with Gasteiger partial charge in [0.15, 0.2) is 0 Å². The molecule has 1 N–H and O–H groups in total. The van der Waals surface area contributed by atoms with Crippen LogP contribution in [0.25, 0.3) is 0 Å². The summed E-state index contributed by atoms with van der Waals surface area (Å²) in [5.74, 6) is 0.918. The van der Waals surface area contributed by atoms with Crippen molar-refractivity contribution in [1.82, 2.24) is 5.32 Å². The molecule has 1 unspecified atom stereocenters. The molecule has 0 aromatic carbocycles. The van der Waals surface area contributed by atoms with Crippen molar-refractivity contribution in [3.05, 3.63) is 0 Å². The first-order chi connectivity index (χ1) is 6.79.